The van der Waals surface area contributed by atoms with Crippen LogP contribution in [0.4, 0.5) is 11.4 Å². The number of nitro benzene ring substituents is 2. The molecule has 1 heterocycles. The van der Waals surface area contributed by atoms with Crippen LogP contribution in [-0.2, 0) is 11.4 Å². The first-order valence-corrected chi connectivity index (χ1v) is 8.41. The molecular weight excluding hydrogens is 380 g/mol. The molecule has 0 aromatic heterocycles. The molecule has 0 amide bonds. The quantitative estimate of drug-likeness (QED) is 0.446. The van der Waals surface area contributed by atoms with Crippen LogP contribution in [0.2, 0.25) is 0 Å². The first-order chi connectivity index (χ1) is 12.5. The van der Waals surface area contributed by atoms with Gasteiger partial charge in [0.25, 0.3) is 11.4 Å². The SMILES string of the molecule is O=[N+]([O-])c1ccc(/C2=N/S/N=C(/c3ccc([N+](=O)[O-])cc3)N=S=N2)cc1. The van der Waals surface area contributed by atoms with Gasteiger partial charge in [-0.25, -0.2) is 0 Å². The number of benzene rings is 2. The van der Waals surface area contributed by atoms with Crippen molar-refractivity contribution < 1.29 is 9.85 Å². The van der Waals surface area contributed by atoms with E-state index in [2.05, 4.69) is 17.5 Å². The van der Waals surface area contributed by atoms with E-state index in [-0.39, 0.29) is 11.4 Å². The fraction of sp³-hybridized carbons (Fsp3) is 0. The monoisotopic (exact) mass is 388 g/mol. The minimum Gasteiger partial charge on any atom is -0.258 e. The van der Waals surface area contributed by atoms with E-state index < -0.39 is 9.85 Å². The van der Waals surface area contributed by atoms with Crippen molar-refractivity contribution in [3.63, 3.8) is 0 Å². The zero-order valence-electron chi connectivity index (χ0n) is 12.8. The first kappa shape index (κ1) is 17.6. The predicted molar refractivity (Wildman–Crippen MR) is 99.1 cm³/mol. The Kier molecular flexibility index (Phi) is 5.24. The summed E-state index contributed by atoms with van der Waals surface area (Å²) in [6.45, 7) is 0. The van der Waals surface area contributed by atoms with Crippen molar-refractivity contribution in [2.75, 3.05) is 0 Å². The Morgan fingerprint density at radius 3 is 1.42 bits per heavy atom. The summed E-state index contributed by atoms with van der Waals surface area (Å²) in [7, 11) is 0. The normalized spacial score (nSPS) is 17.7. The van der Waals surface area contributed by atoms with E-state index in [0.29, 0.717) is 22.8 Å². The molecular formula is C14H8N6O4S2. The number of amidine groups is 2. The molecule has 0 atom stereocenters. The molecule has 26 heavy (non-hydrogen) atoms. The van der Waals surface area contributed by atoms with E-state index in [9.17, 15) is 20.2 Å². The number of non-ortho nitro benzene ring substituents is 2. The highest BCUT2D eigenvalue weighted by molar-refractivity contribution is 7.97. The number of hydrogen-bond acceptors (Lipinski definition) is 9. The number of nitro groups is 2. The molecule has 0 radical (unpaired) electrons. The third-order valence-electron chi connectivity index (χ3n) is 3.18. The van der Waals surface area contributed by atoms with E-state index in [4.69, 9.17) is 0 Å². The van der Waals surface area contributed by atoms with Crippen LogP contribution in [0.3, 0.4) is 0 Å². The molecule has 0 saturated heterocycles. The zero-order chi connectivity index (χ0) is 18.5. The molecule has 1 aliphatic rings. The van der Waals surface area contributed by atoms with Crippen LogP contribution in [0, 0.1) is 20.2 Å². The number of rotatable bonds is 4. The Morgan fingerprint density at radius 1 is 0.692 bits per heavy atom. The molecule has 130 valence electrons. The van der Waals surface area contributed by atoms with Crippen molar-refractivity contribution in [3.8, 4) is 0 Å². The highest BCUT2D eigenvalue weighted by Gasteiger charge is 2.11. The molecule has 1 aliphatic heterocycles. The second kappa shape index (κ2) is 7.76. The predicted octanol–water partition coefficient (Wildman–Crippen LogP) is 3.72. The molecule has 0 fully saturated rings. The first-order valence-electron chi connectivity index (χ1n) is 6.94. The molecule has 10 nitrogen and oxygen atoms in total. The van der Waals surface area contributed by atoms with Gasteiger partial charge in [0.15, 0.2) is 11.7 Å². The largest absolute Gasteiger partial charge is 0.269 e. The summed E-state index contributed by atoms with van der Waals surface area (Å²) < 4.78 is 16.7. The molecule has 0 spiro atoms. The van der Waals surface area contributed by atoms with E-state index in [1.54, 1.807) is 24.3 Å². The molecule has 2 aromatic carbocycles. The fourth-order valence-electron chi connectivity index (χ4n) is 1.90. The Bertz CT molecular complexity index is 918. The van der Waals surface area contributed by atoms with E-state index >= 15 is 0 Å². The van der Waals surface area contributed by atoms with Gasteiger partial charge >= 0.3 is 0 Å². The molecule has 12 heteroatoms. The maximum Gasteiger partial charge on any atom is 0.269 e. The maximum absolute atomic E-state index is 10.7. The van der Waals surface area contributed by atoms with Gasteiger partial charge < -0.3 is 0 Å². The highest BCUT2D eigenvalue weighted by Crippen LogP contribution is 2.19. The molecule has 0 N–H and O–H groups in total. The maximum atomic E-state index is 10.7. The van der Waals surface area contributed by atoms with Crippen LogP contribution in [0.25, 0.3) is 0 Å². The molecule has 3 rings (SSSR count). The van der Waals surface area contributed by atoms with Gasteiger partial charge in [-0.3, -0.25) is 20.2 Å². The lowest BCUT2D eigenvalue weighted by Gasteiger charge is -2.02. The van der Waals surface area contributed by atoms with Crippen molar-refractivity contribution in [3.05, 3.63) is 79.9 Å². The van der Waals surface area contributed by atoms with Gasteiger partial charge in [0.1, 0.15) is 12.1 Å². The summed E-state index contributed by atoms with van der Waals surface area (Å²) in [6, 6.07) is 11.6. The molecule has 0 saturated carbocycles. The lowest BCUT2D eigenvalue weighted by Crippen LogP contribution is -2.00. The van der Waals surface area contributed by atoms with Crippen molar-refractivity contribution >= 4 is 46.5 Å². The minimum atomic E-state index is -0.486. The van der Waals surface area contributed by atoms with Gasteiger partial charge in [-0.05, 0) is 24.3 Å². The Balaban J connectivity index is 1.81. The van der Waals surface area contributed by atoms with Gasteiger partial charge in [0, 0.05) is 35.4 Å². The summed E-state index contributed by atoms with van der Waals surface area (Å²) in [4.78, 5) is 20.4. The van der Waals surface area contributed by atoms with E-state index in [1.807, 2.05) is 0 Å². The van der Waals surface area contributed by atoms with Crippen molar-refractivity contribution in [1.82, 2.24) is 0 Å². The van der Waals surface area contributed by atoms with Gasteiger partial charge in [-0.2, -0.15) is 17.5 Å². The molecule has 0 unspecified atom stereocenters. The summed E-state index contributed by atoms with van der Waals surface area (Å²) in [5, 5.41) is 21.4. The summed E-state index contributed by atoms with van der Waals surface area (Å²) >= 11 is 1.73. The summed E-state index contributed by atoms with van der Waals surface area (Å²) in [6.07, 6.45) is 0. The van der Waals surface area contributed by atoms with Gasteiger partial charge in [0.05, 0.1) is 21.2 Å². The minimum absolute atomic E-state index is 0.0244. The second-order valence-electron chi connectivity index (χ2n) is 4.78. The Hall–Kier alpha value is -3.25. The van der Waals surface area contributed by atoms with Crippen LogP contribution in [0.5, 0.6) is 0 Å². The second-order valence-corrected chi connectivity index (χ2v) is 5.84. The third-order valence-corrected chi connectivity index (χ3v) is 4.20. The Morgan fingerprint density at radius 2 is 1.08 bits per heavy atom. The van der Waals surface area contributed by atoms with Gasteiger partial charge in [0.2, 0.25) is 0 Å². The molecule has 2 aromatic rings. The van der Waals surface area contributed by atoms with E-state index in [1.165, 1.54) is 24.3 Å². The summed E-state index contributed by atoms with van der Waals surface area (Å²) in [5.74, 6) is 0.676. The lowest BCUT2D eigenvalue weighted by atomic mass is 10.2. The molecule has 0 bridgehead atoms. The van der Waals surface area contributed by atoms with Crippen LogP contribution in [-0.4, -0.2) is 21.5 Å². The van der Waals surface area contributed by atoms with Crippen molar-refractivity contribution in [2.45, 2.75) is 0 Å². The fourth-order valence-corrected chi connectivity index (χ4v) is 2.98. The zero-order valence-corrected chi connectivity index (χ0v) is 14.4. The number of nitrogens with zero attached hydrogens (tertiary/aromatic N) is 6. The average molecular weight is 388 g/mol. The van der Waals surface area contributed by atoms with Crippen molar-refractivity contribution in [1.29, 1.82) is 0 Å². The average Bonchev–Trinajstić information content (AvgIpc) is 2.62. The van der Waals surface area contributed by atoms with Crippen LogP contribution in [0.15, 0.2) is 66.1 Å². The third kappa shape index (κ3) is 4.04. The number of hydrogen-bond donors (Lipinski definition) is 0. The van der Waals surface area contributed by atoms with Crippen LogP contribution in [0.1, 0.15) is 11.1 Å². The topological polar surface area (TPSA) is 136 Å². The standard InChI is InChI=1S/C14H8N6O4S2/c21-19(22)11-5-1-9(2-6-11)13-15-25-17-14(18-26-16-13)10-3-7-12(8-4-10)20(23)24/h1-8H/b15-13-,17-14-. The highest BCUT2D eigenvalue weighted by atomic mass is 32.2. The van der Waals surface area contributed by atoms with Gasteiger partial charge in [-0.15, -0.1) is 0 Å². The van der Waals surface area contributed by atoms with E-state index in [0.717, 1.165) is 23.5 Å². The van der Waals surface area contributed by atoms with Crippen molar-refractivity contribution in [2.24, 2.45) is 17.5 Å². The smallest absolute Gasteiger partial charge is 0.258 e. The molecule has 0 aliphatic carbocycles. The lowest BCUT2D eigenvalue weighted by molar-refractivity contribution is -0.385. The summed E-state index contributed by atoms with van der Waals surface area (Å²) in [5.41, 5.74) is 1.15. The Labute approximate surface area is 154 Å². The van der Waals surface area contributed by atoms with Gasteiger partial charge in [-0.1, -0.05) is 0 Å². The van der Waals surface area contributed by atoms with Crippen LogP contribution >= 0.6 is 12.1 Å². The van der Waals surface area contributed by atoms with Crippen LogP contribution < -0.4 is 0 Å².